The van der Waals surface area contributed by atoms with E-state index < -0.39 is 0 Å². The zero-order chi connectivity index (χ0) is 44.3. The van der Waals surface area contributed by atoms with Gasteiger partial charge in [0.25, 0.3) is 0 Å². The van der Waals surface area contributed by atoms with Crippen LogP contribution in [0.5, 0.6) is 0 Å². The van der Waals surface area contributed by atoms with Crippen LogP contribution in [-0.2, 0) is 0 Å². The van der Waals surface area contributed by atoms with Crippen molar-refractivity contribution in [1.29, 1.82) is 0 Å². The molecule has 3 nitrogen and oxygen atoms in total. The highest BCUT2D eigenvalue weighted by molar-refractivity contribution is 6.09. The van der Waals surface area contributed by atoms with E-state index in [0.29, 0.717) is 0 Å². The zero-order valence-corrected chi connectivity index (χ0v) is 36.6. The molecule has 13 aromatic rings. The van der Waals surface area contributed by atoms with Crippen molar-refractivity contribution < 1.29 is 4.42 Å². The molecular formula is C64H42N2O. The van der Waals surface area contributed by atoms with Gasteiger partial charge in [-0.15, -0.1) is 0 Å². The predicted molar refractivity (Wildman–Crippen MR) is 282 cm³/mol. The molecule has 0 bridgehead atoms. The zero-order valence-electron chi connectivity index (χ0n) is 36.6. The summed E-state index contributed by atoms with van der Waals surface area (Å²) in [4.78, 5) is 2.38. The largest absolute Gasteiger partial charge is 0.456 e. The van der Waals surface area contributed by atoms with E-state index in [2.05, 4.69) is 252 Å². The van der Waals surface area contributed by atoms with Crippen LogP contribution in [0, 0.1) is 0 Å². The molecule has 0 aliphatic rings. The smallest absolute Gasteiger partial charge is 0.136 e. The molecule has 0 unspecified atom stereocenters. The van der Waals surface area contributed by atoms with E-state index in [9.17, 15) is 0 Å². The Morgan fingerprint density at radius 1 is 0.299 bits per heavy atom. The Labute approximate surface area is 388 Å². The van der Waals surface area contributed by atoms with Gasteiger partial charge in [0, 0.05) is 44.2 Å². The van der Waals surface area contributed by atoms with Gasteiger partial charge in [-0.1, -0.05) is 182 Å². The van der Waals surface area contributed by atoms with Crippen LogP contribution >= 0.6 is 0 Å². The minimum atomic E-state index is 0.878. The van der Waals surface area contributed by atoms with Gasteiger partial charge in [0.05, 0.1) is 16.7 Å². The molecule has 0 aliphatic heterocycles. The van der Waals surface area contributed by atoms with Crippen molar-refractivity contribution >= 4 is 71.6 Å². The van der Waals surface area contributed by atoms with Crippen LogP contribution in [0.4, 0.5) is 17.1 Å². The molecule has 0 amide bonds. The third-order valence-corrected chi connectivity index (χ3v) is 13.4. The van der Waals surface area contributed by atoms with E-state index in [1.165, 1.54) is 49.3 Å². The molecule has 0 atom stereocenters. The van der Waals surface area contributed by atoms with E-state index in [0.717, 1.165) is 72.5 Å². The lowest BCUT2D eigenvalue weighted by atomic mass is 9.96. The molecule has 0 radical (unpaired) electrons. The van der Waals surface area contributed by atoms with Crippen LogP contribution in [0.25, 0.3) is 105 Å². The van der Waals surface area contributed by atoms with Gasteiger partial charge in [0.2, 0.25) is 0 Å². The van der Waals surface area contributed by atoms with E-state index in [1.54, 1.807) is 0 Å². The second-order valence-corrected chi connectivity index (χ2v) is 17.3. The van der Waals surface area contributed by atoms with E-state index in [4.69, 9.17) is 4.42 Å². The second kappa shape index (κ2) is 16.0. The Hall–Kier alpha value is -8.92. The molecule has 2 aromatic heterocycles. The first-order valence-electron chi connectivity index (χ1n) is 22.9. The molecule has 67 heavy (non-hydrogen) atoms. The summed E-state index contributed by atoms with van der Waals surface area (Å²) in [5.41, 5.74) is 17.8. The fourth-order valence-corrected chi connectivity index (χ4v) is 10.2. The average Bonchev–Trinajstić information content (AvgIpc) is 3.95. The summed E-state index contributed by atoms with van der Waals surface area (Å²) in [5.74, 6) is 0. The Balaban J connectivity index is 0.890. The monoisotopic (exact) mass is 854 g/mol. The third-order valence-electron chi connectivity index (χ3n) is 13.4. The second-order valence-electron chi connectivity index (χ2n) is 17.3. The van der Waals surface area contributed by atoms with Gasteiger partial charge in [-0.05, 0) is 123 Å². The number of nitrogens with zero attached hydrogens (tertiary/aromatic N) is 2. The first-order chi connectivity index (χ1) is 33.2. The van der Waals surface area contributed by atoms with Gasteiger partial charge >= 0.3 is 0 Å². The first kappa shape index (κ1) is 38.5. The number of fused-ring (bicyclic) bond motifs is 7. The van der Waals surface area contributed by atoms with Crippen LogP contribution in [0.3, 0.4) is 0 Å². The van der Waals surface area contributed by atoms with Gasteiger partial charge in [-0.2, -0.15) is 0 Å². The molecule has 0 aliphatic carbocycles. The molecule has 2 heterocycles. The van der Waals surface area contributed by atoms with Crippen LogP contribution in [0.15, 0.2) is 259 Å². The summed E-state index contributed by atoms with van der Waals surface area (Å²) in [6, 6.07) is 91.9. The van der Waals surface area contributed by atoms with Crippen molar-refractivity contribution in [2.45, 2.75) is 0 Å². The topological polar surface area (TPSA) is 21.3 Å². The quantitative estimate of drug-likeness (QED) is 0.152. The highest BCUT2D eigenvalue weighted by Gasteiger charge is 2.19. The highest BCUT2D eigenvalue weighted by Crippen LogP contribution is 2.44. The standard InChI is InChI=1S/C64H42N2O/c1-2-17-53-46(13-1)14-12-22-54(53)47-29-27-43(28-30-47)44-31-36-50(37-32-44)65(60-23-7-3-18-55(60)49-35-40-59-58-21-6-10-26-63(58)67-64(59)42-49)51-38-33-45(34-39-51)48-15-11-16-52(41-48)66-61-24-8-4-19-56(61)57-20-5-9-25-62(57)66/h1-42H. The molecule has 0 saturated carbocycles. The first-order valence-corrected chi connectivity index (χ1v) is 22.9. The number of para-hydroxylation sites is 4. The minimum absolute atomic E-state index is 0.878. The fourth-order valence-electron chi connectivity index (χ4n) is 10.2. The summed E-state index contributed by atoms with van der Waals surface area (Å²) in [6.45, 7) is 0. The molecule has 11 aromatic carbocycles. The summed E-state index contributed by atoms with van der Waals surface area (Å²) in [5, 5.41) is 7.28. The number of benzene rings is 11. The van der Waals surface area contributed by atoms with Gasteiger partial charge in [-0.3, -0.25) is 0 Å². The molecule has 0 fully saturated rings. The van der Waals surface area contributed by atoms with Crippen molar-refractivity contribution in [3.8, 4) is 50.2 Å². The molecule has 13 rings (SSSR count). The van der Waals surface area contributed by atoms with Crippen molar-refractivity contribution in [3.63, 3.8) is 0 Å². The lowest BCUT2D eigenvalue weighted by Gasteiger charge is -2.28. The highest BCUT2D eigenvalue weighted by atomic mass is 16.3. The van der Waals surface area contributed by atoms with Crippen LogP contribution in [-0.4, -0.2) is 4.57 Å². The van der Waals surface area contributed by atoms with Gasteiger partial charge < -0.3 is 13.9 Å². The SMILES string of the molecule is c1cc(-c2ccc(N(c3ccc(-c4ccc(-c5cccc6ccccc56)cc4)cc3)c3ccccc3-c3ccc4c(c3)oc3ccccc34)cc2)cc(-n2c3ccccc3c3ccccc32)c1. The Morgan fingerprint density at radius 3 is 1.54 bits per heavy atom. The summed E-state index contributed by atoms with van der Waals surface area (Å²) in [7, 11) is 0. The number of rotatable bonds is 8. The van der Waals surface area contributed by atoms with Crippen LogP contribution in [0.2, 0.25) is 0 Å². The summed E-state index contributed by atoms with van der Waals surface area (Å²) >= 11 is 0. The maximum Gasteiger partial charge on any atom is 0.136 e. The number of hydrogen-bond donors (Lipinski definition) is 0. The molecular weight excluding hydrogens is 813 g/mol. The van der Waals surface area contributed by atoms with Crippen molar-refractivity contribution in [2.24, 2.45) is 0 Å². The predicted octanol–water partition coefficient (Wildman–Crippen LogP) is 18.0. The Kier molecular flexibility index (Phi) is 9.17. The molecule has 0 saturated heterocycles. The van der Waals surface area contributed by atoms with Crippen LogP contribution in [0.1, 0.15) is 0 Å². The third kappa shape index (κ3) is 6.67. The minimum Gasteiger partial charge on any atom is -0.456 e. The Bertz CT molecular complexity index is 3910. The summed E-state index contributed by atoms with van der Waals surface area (Å²) < 4.78 is 8.79. The average molecular weight is 855 g/mol. The normalized spacial score (nSPS) is 11.6. The number of hydrogen-bond acceptors (Lipinski definition) is 2. The van der Waals surface area contributed by atoms with Crippen LogP contribution < -0.4 is 4.90 Å². The Morgan fingerprint density at radius 2 is 0.806 bits per heavy atom. The van der Waals surface area contributed by atoms with Gasteiger partial charge in [0.1, 0.15) is 11.2 Å². The molecule has 0 spiro atoms. The maximum atomic E-state index is 6.40. The van der Waals surface area contributed by atoms with Crippen molar-refractivity contribution in [3.05, 3.63) is 255 Å². The summed E-state index contributed by atoms with van der Waals surface area (Å²) in [6.07, 6.45) is 0. The lowest BCUT2D eigenvalue weighted by Crippen LogP contribution is -2.11. The molecule has 0 N–H and O–H groups in total. The number of furan rings is 1. The fraction of sp³-hybridized carbons (Fsp3) is 0. The van der Waals surface area contributed by atoms with E-state index in [1.807, 2.05) is 12.1 Å². The lowest BCUT2D eigenvalue weighted by molar-refractivity contribution is 0.669. The van der Waals surface area contributed by atoms with Gasteiger partial charge in [0.15, 0.2) is 0 Å². The van der Waals surface area contributed by atoms with Crippen molar-refractivity contribution in [1.82, 2.24) is 4.57 Å². The van der Waals surface area contributed by atoms with Gasteiger partial charge in [-0.25, -0.2) is 0 Å². The number of anilines is 3. The molecule has 314 valence electrons. The number of aromatic nitrogens is 1. The maximum absolute atomic E-state index is 6.40. The molecule has 3 heteroatoms. The van der Waals surface area contributed by atoms with Crippen molar-refractivity contribution in [2.75, 3.05) is 4.90 Å². The van der Waals surface area contributed by atoms with E-state index >= 15 is 0 Å². The van der Waals surface area contributed by atoms with E-state index in [-0.39, 0.29) is 0 Å².